The van der Waals surface area contributed by atoms with E-state index in [2.05, 4.69) is 10.3 Å². The molecule has 3 rings (SSSR count). The van der Waals surface area contributed by atoms with Crippen molar-refractivity contribution in [3.8, 4) is 0 Å². The molecule has 2 N–H and O–H groups in total. The van der Waals surface area contributed by atoms with Gasteiger partial charge in [-0.25, -0.2) is 5.06 Å². The van der Waals surface area contributed by atoms with Crippen LogP contribution in [0.15, 0.2) is 60.9 Å². The van der Waals surface area contributed by atoms with Crippen LogP contribution in [0, 0.1) is 0 Å². The predicted molar refractivity (Wildman–Crippen MR) is 87.4 cm³/mol. The normalized spacial score (nSPS) is 17.4. The van der Waals surface area contributed by atoms with Crippen molar-refractivity contribution < 1.29 is 10.0 Å². The lowest BCUT2D eigenvalue weighted by molar-refractivity contribution is -0.168. The summed E-state index contributed by atoms with van der Waals surface area (Å²) in [6.07, 6.45) is 6.30. The molecule has 2 aromatic rings. The zero-order valence-corrected chi connectivity index (χ0v) is 12.7. The molecule has 1 amide bonds. The van der Waals surface area contributed by atoms with Gasteiger partial charge in [0.25, 0.3) is 5.91 Å². The van der Waals surface area contributed by atoms with Crippen molar-refractivity contribution in [2.24, 2.45) is 0 Å². The Morgan fingerprint density at radius 2 is 1.96 bits per heavy atom. The second kappa shape index (κ2) is 7.17. The van der Waals surface area contributed by atoms with Gasteiger partial charge < -0.3 is 5.32 Å². The van der Waals surface area contributed by atoms with Gasteiger partial charge in [-0.15, -0.1) is 0 Å². The van der Waals surface area contributed by atoms with E-state index in [1.54, 1.807) is 12.4 Å². The Morgan fingerprint density at radius 3 is 2.70 bits per heavy atom. The summed E-state index contributed by atoms with van der Waals surface area (Å²) in [7, 11) is 0. The number of hydrogen-bond donors (Lipinski definition) is 2. The second-order valence-corrected chi connectivity index (χ2v) is 5.45. The monoisotopic (exact) mass is 309 g/mol. The zero-order chi connectivity index (χ0) is 16.1. The van der Waals surface area contributed by atoms with E-state index >= 15 is 0 Å². The highest BCUT2D eigenvalue weighted by molar-refractivity contribution is 5.95. The smallest absolute Gasteiger partial charge is 0.267 e. The molecule has 0 spiro atoms. The first-order valence-corrected chi connectivity index (χ1v) is 7.64. The van der Waals surface area contributed by atoms with Crippen LogP contribution in [0.25, 0.3) is 5.57 Å². The third kappa shape index (κ3) is 3.64. The average Bonchev–Trinajstić information content (AvgIpc) is 2.62. The molecule has 1 aromatic carbocycles. The number of nitrogens with one attached hydrogen (secondary N) is 1. The maximum absolute atomic E-state index is 12.6. The zero-order valence-electron chi connectivity index (χ0n) is 12.7. The average molecular weight is 309 g/mol. The van der Waals surface area contributed by atoms with Gasteiger partial charge in [0.1, 0.15) is 6.04 Å². The van der Waals surface area contributed by atoms with E-state index in [0.717, 1.165) is 28.2 Å². The minimum Gasteiger partial charge on any atom is -0.302 e. The first-order valence-electron chi connectivity index (χ1n) is 7.64. The lowest BCUT2D eigenvalue weighted by atomic mass is 9.94. The number of rotatable bonds is 4. The van der Waals surface area contributed by atoms with Gasteiger partial charge in [0.2, 0.25) is 0 Å². The third-order valence-electron chi connectivity index (χ3n) is 3.86. The van der Waals surface area contributed by atoms with Crippen molar-refractivity contribution in [3.05, 3.63) is 72.1 Å². The van der Waals surface area contributed by atoms with E-state index in [0.29, 0.717) is 6.54 Å². The maximum atomic E-state index is 12.6. The number of pyridine rings is 1. The Hall–Kier alpha value is -2.50. The Balaban J connectivity index is 1.77. The molecular weight excluding hydrogens is 290 g/mol. The fourth-order valence-electron chi connectivity index (χ4n) is 2.72. The second-order valence-electron chi connectivity index (χ2n) is 5.45. The van der Waals surface area contributed by atoms with Gasteiger partial charge in [-0.05, 0) is 41.8 Å². The molecule has 5 heteroatoms. The summed E-state index contributed by atoms with van der Waals surface area (Å²) >= 11 is 0. The quantitative estimate of drug-likeness (QED) is 0.671. The number of aromatic nitrogens is 1. The molecule has 118 valence electrons. The molecule has 0 radical (unpaired) electrons. The Bertz CT molecular complexity index is 686. The number of benzene rings is 1. The largest absolute Gasteiger partial charge is 0.302 e. The predicted octanol–water partition coefficient (Wildman–Crippen LogP) is 2.24. The fourth-order valence-corrected chi connectivity index (χ4v) is 2.72. The summed E-state index contributed by atoms with van der Waals surface area (Å²) in [6, 6.07) is 12.6. The first kappa shape index (κ1) is 15.4. The molecule has 1 aromatic heterocycles. The van der Waals surface area contributed by atoms with Crippen molar-refractivity contribution in [1.29, 1.82) is 0 Å². The summed E-state index contributed by atoms with van der Waals surface area (Å²) in [5.74, 6) is -0.350. The molecule has 0 aliphatic carbocycles. The first-order chi connectivity index (χ1) is 11.3. The van der Waals surface area contributed by atoms with E-state index in [-0.39, 0.29) is 12.5 Å². The summed E-state index contributed by atoms with van der Waals surface area (Å²) < 4.78 is 0. The van der Waals surface area contributed by atoms with Crippen LogP contribution in [-0.4, -0.2) is 33.7 Å². The standard InChI is InChI=1S/C18H19N3O2/c22-18(21(23)13-14-5-2-1-3-6-14)17-16(7-4-10-20-17)15-8-11-19-12-9-15/h1-3,5-9,11-12,17,20,23H,4,10,13H2. The molecule has 0 saturated heterocycles. The molecule has 5 nitrogen and oxygen atoms in total. The van der Waals surface area contributed by atoms with Crippen LogP contribution in [0.2, 0.25) is 0 Å². The van der Waals surface area contributed by atoms with Crippen LogP contribution in [0.3, 0.4) is 0 Å². The van der Waals surface area contributed by atoms with Crippen molar-refractivity contribution in [1.82, 2.24) is 15.4 Å². The number of carbonyl (C=O) groups is 1. The van der Waals surface area contributed by atoms with Crippen molar-refractivity contribution in [3.63, 3.8) is 0 Å². The van der Waals surface area contributed by atoms with Crippen LogP contribution < -0.4 is 5.32 Å². The van der Waals surface area contributed by atoms with Crippen LogP contribution in [0.1, 0.15) is 17.5 Å². The summed E-state index contributed by atoms with van der Waals surface area (Å²) in [4.78, 5) is 16.7. The van der Waals surface area contributed by atoms with Gasteiger partial charge in [-0.1, -0.05) is 36.4 Å². The molecule has 23 heavy (non-hydrogen) atoms. The van der Waals surface area contributed by atoms with Crippen LogP contribution >= 0.6 is 0 Å². The van der Waals surface area contributed by atoms with Gasteiger partial charge in [-0.3, -0.25) is 15.0 Å². The van der Waals surface area contributed by atoms with E-state index < -0.39 is 6.04 Å². The Labute approximate surface area is 135 Å². The highest BCUT2D eigenvalue weighted by atomic mass is 16.5. The van der Waals surface area contributed by atoms with Crippen LogP contribution in [0.5, 0.6) is 0 Å². The minimum atomic E-state index is -0.542. The minimum absolute atomic E-state index is 0.168. The number of hydroxylamine groups is 2. The lowest BCUT2D eigenvalue weighted by Crippen LogP contribution is -2.47. The highest BCUT2D eigenvalue weighted by Crippen LogP contribution is 2.23. The molecule has 1 unspecified atom stereocenters. The van der Waals surface area contributed by atoms with Gasteiger partial charge in [0.05, 0.1) is 6.54 Å². The van der Waals surface area contributed by atoms with Crippen molar-refractivity contribution in [2.45, 2.75) is 19.0 Å². The SMILES string of the molecule is O=C(C1NCCC=C1c1ccncc1)N(O)Cc1ccccc1. The van der Waals surface area contributed by atoms with Crippen LogP contribution in [0.4, 0.5) is 0 Å². The van der Waals surface area contributed by atoms with Gasteiger partial charge >= 0.3 is 0 Å². The number of amides is 1. The molecular formula is C18H19N3O2. The van der Waals surface area contributed by atoms with Gasteiger partial charge in [0.15, 0.2) is 0 Å². The third-order valence-corrected chi connectivity index (χ3v) is 3.86. The van der Waals surface area contributed by atoms with Gasteiger partial charge in [0, 0.05) is 12.4 Å². The summed E-state index contributed by atoms with van der Waals surface area (Å²) in [6.45, 7) is 0.881. The molecule has 1 atom stereocenters. The molecule has 1 aliphatic rings. The Kier molecular flexibility index (Phi) is 4.80. The number of hydrogen-bond acceptors (Lipinski definition) is 4. The summed E-state index contributed by atoms with van der Waals surface area (Å²) in [5, 5.41) is 14.2. The Morgan fingerprint density at radius 1 is 1.22 bits per heavy atom. The van der Waals surface area contributed by atoms with E-state index in [1.165, 1.54) is 0 Å². The van der Waals surface area contributed by atoms with E-state index in [9.17, 15) is 10.0 Å². The van der Waals surface area contributed by atoms with Crippen molar-refractivity contribution in [2.75, 3.05) is 6.54 Å². The van der Waals surface area contributed by atoms with E-state index in [1.807, 2.05) is 48.5 Å². The molecule has 0 fully saturated rings. The lowest BCUT2D eigenvalue weighted by Gasteiger charge is -2.28. The maximum Gasteiger partial charge on any atom is 0.267 e. The number of carbonyl (C=O) groups excluding carboxylic acids is 1. The topological polar surface area (TPSA) is 65.5 Å². The van der Waals surface area contributed by atoms with E-state index in [4.69, 9.17) is 0 Å². The molecule has 0 saturated carbocycles. The molecule has 0 bridgehead atoms. The summed E-state index contributed by atoms with van der Waals surface area (Å²) in [5.41, 5.74) is 2.71. The number of nitrogens with zero attached hydrogens (tertiary/aromatic N) is 2. The highest BCUT2D eigenvalue weighted by Gasteiger charge is 2.29. The van der Waals surface area contributed by atoms with Crippen LogP contribution in [-0.2, 0) is 11.3 Å². The van der Waals surface area contributed by atoms with Gasteiger partial charge in [-0.2, -0.15) is 0 Å². The molecule has 1 aliphatic heterocycles. The van der Waals surface area contributed by atoms with Crippen molar-refractivity contribution >= 4 is 11.5 Å². The fraction of sp³-hybridized carbons (Fsp3) is 0.222. The molecule has 2 heterocycles.